The summed E-state index contributed by atoms with van der Waals surface area (Å²) in [5.41, 5.74) is 0.488. The zero-order valence-corrected chi connectivity index (χ0v) is 14.3. The van der Waals surface area contributed by atoms with Gasteiger partial charge in [-0.3, -0.25) is 9.59 Å². The minimum atomic E-state index is -0.270. The lowest BCUT2D eigenvalue weighted by molar-refractivity contribution is -0.126. The van der Waals surface area contributed by atoms with Gasteiger partial charge in [-0.15, -0.1) is 0 Å². The molecular weight excluding hydrogens is 335 g/mol. The van der Waals surface area contributed by atoms with Gasteiger partial charge in [-0.1, -0.05) is 48.5 Å². The first-order chi connectivity index (χ1) is 11.1. The van der Waals surface area contributed by atoms with Crippen LogP contribution in [0.4, 0.5) is 5.69 Å². The average Bonchev–Trinajstić information content (AvgIpc) is 3.33. The Balaban J connectivity index is 1.52. The van der Waals surface area contributed by atoms with Crippen molar-refractivity contribution >= 4 is 40.7 Å². The van der Waals surface area contributed by atoms with E-state index < -0.39 is 0 Å². The average molecular weight is 355 g/mol. The first-order valence-corrected chi connectivity index (χ1v) is 8.87. The van der Waals surface area contributed by atoms with Crippen molar-refractivity contribution in [2.75, 3.05) is 5.32 Å². The molecule has 0 saturated heterocycles. The lowest BCUT2D eigenvalue weighted by atomic mass is 9.95. The maximum absolute atomic E-state index is 12.3. The van der Waals surface area contributed by atoms with Crippen LogP contribution in [0.1, 0.15) is 38.5 Å². The van der Waals surface area contributed by atoms with Gasteiger partial charge in [0.1, 0.15) is 0 Å². The number of benzene rings is 1. The van der Waals surface area contributed by atoms with Crippen LogP contribution >= 0.6 is 23.2 Å². The van der Waals surface area contributed by atoms with Crippen LogP contribution in [0.15, 0.2) is 18.2 Å². The third kappa shape index (κ3) is 3.99. The molecule has 23 heavy (non-hydrogen) atoms. The Morgan fingerprint density at radius 1 is 1.00 bits per heavy atom. The van der Waals surface area contributed by atoms with Gasteiger partial charge in [-0.05, 0) is 31.4 Å². The topological polar surface area (TPSA) is 58.2 Å². The summed E-state index contributed by atoms with van der Waals surface area (Å²) in [5, 5.41) is 6.57. The molecule has 2 fully saturated rings. The Kier molecular flexibility index (Phi) is 5.12. The molecule has 0 radical (unpaired) electrons. The fraction of sp³-hybridized carbons (Fsp3) is 0.529. The molecule has 0 spiro atoms. The zero-order chi connectivity index (χ0) is 16.4. The van der Waals surface area contributed by atoms with E-state index in [1.807, 2.05) is 0 Å². The molecule has 2 atom stereocenters. The number of anilines is 1. The number of amides is 2. The highest BCUT2D eigenvalue weighted by Gasteiger charge is 2.48. The summed E-state index contributed by atoms with van der Waals surface area (Å²) in [4.78, 5) is 24.5. The van der Waals surface area contributed by atoms with Gasteiger partial charge in [0.2, 0.25) is 11.8 Å². The number of nitrogens with one attached hydrogen (secondary N) is 2. The lowest BCUT2D eigenvalue weighted by Crippen LogP contribution is -2.37. The summed E-state index contributed by atoms with van der Waals surface area (Å²) in [6, 6.07) is 5.37. The summed E-state index contributed by atoms with van der Waals surface area (Å²) in [6.07, 6.45) is 6.30. The summed E-state index contributed by atoms with van der Waals surface area (Å²) < 4.78 is 0. The standard InChI is InChI=1S/C17H20Cl2N2O2/c18-13-7-4-8-14(15(13)19)21-17(23)12-9-11(12)16(22)20-10-5-2-1-3-6-10/h4,7-8,10-12H,1-3,5-6,9H2,(H,20,22)(H,21,23). The molecule has 6 heteroatoms. The van der Waals surface area contributed by atoms with Crippen LogP contribution in [0, 0.1) is 11.8 Å². The second-order valence-corrected chi connectivity index (χ2v) is 7.17. The Bertz CT molecular complexity index is 615. The van der Waals surface area contributed by atoms with E-state index in [0.717, 1.165) is 12.8 Å². The molecule has 0 bridgehead atoms. The largest absolute Gasteiger partial charge is 0.353 e. The van der Waals surface area contributed by atoms with Gasteiger partial charge in [0.25, 0.3) is 0 Å². The molecule has 4 nitrogen and oxygen atoms in total. The van der Waals surface area contributed by atoms with Crippen molar-refractivity contribution in [3.63, 3.8) is 0 Å². The molecule has 1 aromatic carbocycles. The van der Waals surface area contributed by atoms with Crippen molar-refractivity contribution < 1.29 is 9.59 Å². The Labute approximate surface area is 145 Å². The lowest BCUT2D eigenvalue weighted by Gasteiger charge is -2.22. The van der Waals surface area contributed by atoms with Crippen molar-refractivity contribution in [1.82, 2.24) is 5.32 Å². The van der Waals surface area contributed by atoms with Gasteiger partial charge in [0.15, 0.2) is 0 Å². The molecule has 2 amide bonds. The van der Waals surface area contributed by atoms with E-state index >= 15 is 0 Å². The van der Waals surface area contributed by atoms with Crippen LogP contribution in [-0.4, -0.2) is 17.9 Å². The molecule has 2 aliphatic rings. The minimum absolute atomic E-state index is 0.00856. The van der Waals surface area contributed by atoms with Crippen molar-refractivity contribution in [3.05, 3.63) is 28.2 Å². The van der Waals surface area contributed by atoms with Crippen LogP contribution in [0.25, 0.3) is 0 Å². The van der Waals surface area contributed by atoms with E-state index in [2.05, 4.69) is 10.6 Å². The fourth-order valence-corrected chi connectivity index (χ4v) is 3.50. The quantitative estimate of drug-likeness (QED) is 0.857. The molecule has 0 aromatic heterocycles. The number of hydrogen-bond donors (Lipinski definition) is 2. The summed E-state index contributed by atoms with van der Waals surface area (Å²) in [5.74, 6) is -0.643. The van der Waals surface area contributed by atoms with E-state index in [9.17, 15) is 9.59 Å². The van der Waals surface area contributed by atoms with Crippen molar-refractivity contribution in [1.29, 1.82) is 0 Å². The second-order valence-electron chi connectivity index (χ2n) is 6.38. The highest BCUT2D eigenvalue weighted by molar-refractivity contribution is 6.44. The molecule has 0 heterocycles. The first-order valence-electron chi connectivity index (χ1n) is 8.11. The molecule has 0 aliphatic heterocycles. The van der Waals surface area contributed by atoms with Gasteiger partial charge in [0.05, 0.1) is 27.6 Å². The van der Waals surface area contributed by atoms with Crippen molar-refractivity contribution in [3.8, 4) is 0 Å². The zero-order valence-electron chi connectivity index (χ0n) is 12.8. The first kappa shape index (κ1) is 16.6. The number of halogens is 2. The molecule has 2 N–H and O–H groups in total. The number of rotatable bonds is 4. The van der Waals surface area contributed by atoms with Crippen LogP contribution in [-0.2, 0) is 9.59 Å². The molecule has 3 rings (SSSR count). The predicted octanol–water partition coefficient (Wildman–Crippen LogP) is 4.02. The molecule has 1 aromatic rings. The predicted molar refractivity (Wildman–Crippen MR) is 91.7 cm³/mol. The van der Waals surface area contributed by atoms with Crippen LogP contribution in [0.3, 0.4) is 0 Å². The second kappa shape index (κ2) is 7.10. The van der Waals surface area contributed by atoms with Gasteiger partial charge >= 0.3 is 0 Å². The summed E-state index contributed by atoms with van der Waals surface area (Å²) in [7, 11) is 0. The normalized spacial score (nSPS) is 24.1. The highest BCUT2D eigenvalue weighted by Crippen LogP contribution is 2.40. The number of carbonyl (C=O) groups is 2. The molecule has 124 valence electrons. The SMILES string of the molecule is O=C(Nc1cccc(Cl)c1Cl)C1CC1C(=O)NC1CCCCC1. The van der Waals surface area contributed by atoms with Crippen LogP contribution < -0.4 is 10.6 Å². The Morgan fingerprint density at radius 3 is 2.43 bits per heavy atom. The highest BCUT2D eigenvalue weighted by atomic mass is 35.5. The molecule has 2 unspecified atom stereocenters. The van der Waals surface area contributed by atoms with Crippen LogP contribution in [0.2, 0.25) is 10.0 Å². The van der Waals surface area contributed by atoms with E-state index in [0.29, 0.717) is 22.2 Å². The van der Waals surface area contributed by atoms with Gasteiger partial charge in [0, 0.05) is 6.04 Å². The van der Waals surface area contributed by atoms with E-state index in [-0.39, 0.29) is 29.7 Å². The minimum Gasteiger partial charge on any atom is -0.353 e. The van der Waals surface area contributed by atoms with Crippen LogP contribution in [0.5, 0.6) is 0 Å². The molecule has 2 saturated carbocycles. The van der Waals surface area contributed by atoms with E-state index in [1.54, 1.807) is 18.2 Å². The smallest absolute Gasteiger partial charge is 0.228 e. The molecule has 2 aliphatic carbocycles. The van der Waals surface area contributed by atoms with Gasteiger partial charge in [-0.2, -0.15) is 0 Å². The molecular formula is C17H20Cl2N2O2. The van der Waals surface area contributed by atoms with Gasteiger partial charge in [-0.25, -0.2) is 0 Å². The third-order valence-corrected chi connectivity index (χ3v) is 5.44. The fourth-order valence-electron chi connectivity index (χ4n) is 3.16. The summed E-state index contributed by atoms with van der Waals surface area (Å²) >= 11 is 12.0. The van der Waals surface area contributed by atoms with Crippen molar-refractivity contribution in [2.24, 2.45) is 11.8 Å². The maximum Gasteiger partial charge on any atom is 0.228 e. The van der Waals surface area contributed by atoms with E-state index in [4.69, 9.17) is 23.2 Å². The number of hydrogen-bond acceptors (Lipinski definition) is 2. The van der Waals surface area contributed by atoms with Crippen molar-refractivity contribution in [2.45, 2.75) is 44.6 Å². The third-order valence-electron chi connectivity index (χ3n) is 4.62. The van der Waals surface area contributed by atoms with Gasteiger partial charge < -0.3 is 10.6 Å². The van der Waals surface area contributed by atoms with E-state index in [1.165, 1.54) is 19.3 Å². The monoisotopic (exact) mass is 354 g/mol. The Hall–Kier alpha value is -1.26. The summed E-state index contributed by atoms with van der Waals surface area (Å²) in [6.45, 7) is 0. The Morgan fingerprint density at radius 2 is 1.70 bits per heavy atom. The number of carbonyl (C=O) groups excluding carboxylic acids is 2. The maximum atomic E-state index is 12.3.